The van der Waals surface area contributed by atoms with Gasteiger partial charge in [-0.2, -0.15) is 0 Å². The Balaban J connectivity index is 3.43. The van der Waals surface area contributed by atoms with Crippen molar-refractivity contribution < 1.29 is 0 Å². The van der Waals surface area contributed by atoms with Gasteiger partial charge >= 0.3 is 0 Å². The van der Waals surface area contributed by atoms with Crippen LogP contribution in [0.25, 0.3) is 6.08 Å². The van der Waals surface area contributed by atoms with Crippen LogP contribution in [0.2, 0.25) is 0 Å². The van der Waals surface area contributed by atoms with E-state index < -0.39 is 0 Å². The van der Waals surface area contributed by atoms with Crippen LogP contribution in [0.1, 0.15) is 50.3 Å². The maximum Gasteiger partial charge on any atom is -0.000708 e. The maximum atomic E-state index is 3.95. The van der Waals surface area contributed by atoms with E-state index in [0.717, 1.165) is 0 Å². The highest BCUT2D eigenvalue weighted by Crippen LogP contribution is 2.32. The minimum absolute atomic E-state index is 0.153. The van der Waals surface area contributed by atoms with Crippen molar-refractivity contribution in [2.75, 3.05) is 0 Å². The van der Waals surface area contributed by atoms with Gasteiger partial charge < -0.3 is 0 Å². The van der Waals surface area contributed by atoms with E-state index in [9.17, 15) is 0 Å². The molecule has 0 saturated carbocycles. The van der Waals surface area contributed by atoms with E-state index in [-0.39, 0.29) is 5.41 Å². The normalized spacial score (nSPS) is 13.2. The summed E-state index contributed by atoms with van der Waals surface area (Å²) in [6, 6.07) is 6.48. The van der Waals surface area contributed by atoms with Gasteiger partial charge in [0.05, 0.1) is 0 Å². The molecule has 0 nitrogen and oxygen atoms in total. The van der Waals surface area contributed by atoms with Gasteiger partial charge in [-0.3, -0.25) is 0 Å². The van der Waals surface area contributed by atoms with Gasteiger partial charge in [0.15, 0.2) is 0 Å². The molecule has 1 rings (SSSR count). The molecule has 0 N–H and O–H groups in total. The van der Waals surface area contributed by atoms with Crippen molar-refractivity contribution >= 4 is 6.08 Å². The van der Waals surface area contributed by atoms with Crippen LogP contribution >= 0.6 is 0 Å². The molecule has 1 unspecified atom stereocenters. The molecule has 0 amide bonds. The number of benzene rings is 1. The zero-order valence-corrected chi connectivity index (χ0v) is 10.9. The molecule has 1 atom stereocenters. The molecular weight excluding hydrogens is 192 g/mol. The smallest absolute Gasteiger partial charge is 0.000708 e. The van der Waals surface area contributed by atoms with Gasteiger partial charge in [0.1, 0.15) is 0 Å². The van der Waals surface area contributed by atoms with Crippen molar-refractivity contribution in [1.82, 2.24) is 0 Å². The summed E-state index contributed by atoms with van der Waals surface area (Å²) >= 11 is 0. The Morgan fingerprint density at radius 2 is 1.81 bits per heavy atom. The fourth-order valence-corrected chi connectivity index (χ4v) is 1.99. The molecule has 0 aliphatic heterocycles. The second kappa shape index (κ2) is 4.69. The highest BCUT2D eigenvalue weighted by molar-refractivity contribution is 5.59. The van der Waals surface area contributed by atoms with Crippen LogP contribution in [0.5, 0.6) is 0 Å². The third kappa shape index (κ3) is 2.44. The number of rotatable bonds is 3. The summed E-state index contributed by atoms with van der Waals surface area (Å²) in [5, 5.41) is 0. The van der Waals surface area contributed by atoms with Gasteiger partial charge in [0.25, 0.3) is 0 Å². The molecule has 0 aliphatic carbocycles. The second-order valence-corrected chi connectivity index (χ2v) is 5.29. The molecule has 0 saturated heterocycles. The lowest BCUT2D eigenvalue weighted by atomic mass is 9.80. The molecule has 0 heterocycles. The first-order valence-electron chi connectivity index (χ1n) is 5.80. The molecule has 0 spiro atoms. The molecule has 0 bridgehead atoms. The number of allylic oxidation sites excluding steroid dienone is 1. The topological polar surface area (TPSA) is 0 Å². The first-order chi connectivity index (χ1) is 7.41. The van der Waals surface area contributed by atoms with E-state index in [0.29, 0.717) is 5.92 Å². The molecule has 86 valence electrons. The molecular formula is C16H22. The van der Waals surface area contributed by atoms with E-state index in [1.165, 1.54) is 16.7 Å². The number of hydrogen-bond donors (Lipinski definition) is 0. The highest BCUT2D eigenvalue weighted by Gasteiger charge is 2.19. The Bertz CT molecular complexity index is 391. The third-order valence-corrected chi connectivity index (χ3v) is 3.00. The third-order valence-electron chi connectivity index (χ3n) is 3.00. The largest absolute Gasteiger partial charge is 0.102 e. The first kappa shape index (κ1) is 12.8. The van der Waals surface area contributed by atoms with Gasteiger partial charge in [-0.15, -0.1) is 6.58 Å². The standard InChI is InChI=1S/C16H22/c1-7-12(3)14-10-9-11-15(13(14)8-2)16(4,5)6/h7-12H,1-2H2,3-6H3. The van der Waals surface area contributed by atoms with Gasteiger partial charge in [-0.1, -0.05) is 64.6 Å². The first-order valence-corrected chi connectivity index (χ1v) is 5.80. The van der Waals surface area contributed by atoms with Gasteiger partial charge in [0.2, 0.25) is 0 Å². The molecule has 0 heteroatoms. The van der Waals surface area contributed by atoms with Crippen LogP contribution in [-0.2, 0) is 5.41 Å². The average molecular weight is 214 g/mol. The molecule has 0 radical (unpaired) electrons. The SMILES string of the molecule is C=Cc1c(C(C)C=C)cccc1C(C)(C)C. The molecule has 0 aliphatic rings. The monoisotopic (exact) mass is 214 g/mol. The molecule has 1 aromatic carbocycles. The van der Waals surface area contributed by atoms with Crippen molar-refractivity contribution in [3.05, 3.63) is 54.1 Å². The summed E-state index contributed by atoms with van der Waals surface area (Å²) in [5.41, 5.74) is 4.09. The van der Waals surface area contributed by atoms with Crippen LogP contribution in [0.3, 0.4) is 0 Å². The van der Waals surface area contributed by atoms with Crippen LogP contribution in [0, 0.1) is 0 Å². The minimum Gasteiger partial charge on any atom is -0.102 e. The summed E-state index contributed by atoms with van der Waals surface area (Å²) in [6.45, 7) is 16.7. The predicted molar refractivity (Wildman–Crippen MR) is 73.8 cm³/mol. The van der Waals surface area contributed by atoms with E-state index >= 15 is 0 Å². The Labute approximate surface area is 99.7 Å². The molecule has 0 aromatic heterocycles. The lowest BCUT2D eigenvalue weighted by Crippen LogP contribution is -2.14. The summed E-state index contributed by atoms with van der Waals surface area (Å²) in [7, 11) is 0. The average Bonchev–Trinajstić information content (AvgIpc) is 2.25. The van der Waals surface area contributed by atoms with Crippen LogP contribution in [0.4, 0.5) is 0 Å². The lowest BCUT2D eigenvalue weighted by molar-refractivity contribution is 0.587. The minimum atomic E-state index is 0.153. The quantitative estimate of drug-likeness (QED) is 0.627. The highest BCUT2D eigenvalue weighted by atomic mass is 14.2. The summed E-state index contributed by atoms with van der Waals surface area (Å²) in [5.74, 6) is 0.371. The van der Waals surface area contributed by atoms with Crippen LogP contribution < -0.4 is 0 Å². The summed E-state index contributed by atoms with van der Waals surface area (Å²) in [4.78, 5) is 0. The maximum absolute atomic E-state index is 3.95. The second-order valence-electron chi connectivity index (χ2n) is 5.29. The van der Waals surface area contributed by atoms with E-state index in [2.05, 4.69) is 59.1 Å². The fraction of sp³-hybridized carbons (Fsp3) is 0.375. The fourth-order valence-electron chi connectivity index (χ4n) is 1.99. The predicted octanol–water partition coefficient (Wildman–Crippen LogP) is 4.92. The Kier molecular flexibility index (Phi) is 3.74. The van der Waals surface area contributed by atoms with Gasteiger partial charge in [-0.05, 0) is 28.0 Å². The van der Waals surface area contributed by atoms with Crippen molar-refractivity contribution in [1.29, 1.82) is 0 Å². The molecule has 1 aromatic rings. The Morgan fingerprint density at radius 3 is 2.25 bits per heavy atom. The molecule has 0 fully saturated rings. The lowest BCUT2D eigenvalue weighted by Gasteiger charge is -2.24. The summed E-state index contributed by atoms with van der Waals surface area (Å²) in [6.07, 6.45) is 3.95. The van der Waals surface area contributed by atoms with Crippen molar-refractivity contribution in [2.24, 2.45) is 0 Å². The zero-order valence-electron chi connectivity index (χ0n) is 10.9. The molecule has 16 heavy (non-hydrogen) atoms. The van der Waals surface area contributed by atoms with Crippen LogP contribution in [-0.4, -0.2) is 0 Å². The van der Waals surface area contributed by atoms with Crippen LogP contribution in [0.15, 0.2) is 37.4 Å². The number of hydrogen-bond acceptors (Lipinski definition) is 0. The van der Waals surface area contributed by atoms with Gasteiger partial charge in [-0.25, -0.2) is 0 Å². The summed E-state index contributed by atoms with van der Waals surface area (Å²) < 4.78 is 0. The van der Waals surface area contributed by atoms with E-state index in [1.54, 1.807) is 0 Å². The Hall–Kier alpha value is -1.30. The van der Waals surface area contributed by atoms with Gasteiger partial charge in [0, 0.05) is 0 Å². The Morgan fingerprint density at radius 1 is 1.19 bits per heavy atom. The van der Waals surface area contributed by atoms with E-state index in [1.807, 2.05) is 12.2 Å². The van der Waals surface area contributed by atoms with Crippen molar-refractivity contribution in [3.8, 4) is 0 Å². The van der Waals surface area contributed by atoms with Crippen molar-refractivity contribution in [3.63, 3.8) is 0 Å². The van der Waals surface area contributed by atoms with E-state index in [4.69, 9.17) is 0 Å². The zero-order chi connectivity index (χ0) is 12.3. The van der Waals surface area contributed by atoms with Crippen molar-refractivity contribution in [2.45, 2.75) is 39.0 Å².